The van der Waals surface area contributed by atoms with E-state index in [0.717, 1.165) is 0 Å². The Hall–Kier alpha value is -3.33. The molecule has 0 atom stereocenters. The zero-order valence-corrected chi connectivity index (χ0v) is 16.7. The van der Waals surface area contributed by atoms with Crippen LogP contribution in [0, 0.1) is 11.6 Å². The zero-order chi connectivity index (χ0) is 21.3. The third-order valence-electron chi connectivity index (χ3n) is 3.99. The number of benzene rings is 2. The molecule has 0 fully saturated rings. The Labute approximate surface area is 175 Å². The molecule has 0 aliphatic rings. The van der Waals surface area contributed by atoms with Gasteiger partial charge in [0.05, 0.1) is 12.2 Å². The van der Waals surface area contributed by atoms with E-state index in [-0.39, 0.29) is 30.7 Å². The second kappa shape index (κ2) is 10.4. The number of carbonyl (C=O) groups excluding carboxylic acids is 2. The van der Waals surface area contributed by atoms with Crippen molar-refractivity contribution in [2.45, 2.75) is 12.8 Å². The molecule has 2 N–H and O–H groups in total. The number of aryl methyl sites for hydroxylation is 1. The van der Waals surface area contributed by atoms with E-state index >= 15 is 0 Å². The molecule has 0 aliphatic carbocycles. The van der Waals surface area contributed by atoms with Crippen LogP contribution < -0.4 is 15.4 Å². The molecule has 156 valence electrons. The van der Waals surface area contributed by atoms with Gasteiger partial charge in [-0.25, -0.2) is 13.8 Å². The van der Waals surface area contributed by atoms with E-state index in [1.54, 1.807) is 5.38 Å². The topological polar surface area (TPSA) is 80.3 Å². The van der Waals surface area contributed by atoms with Gasteiger partial charge in [-0.3, -0.25) is 14.9 Å². The number of anilines is 1. The predicted octanol–water partition coefficient (Wildman–Crippen LogP) is 3.80. The molecule has 2 amide bonds. The standard InChI is InChI=1S/C21H19F2N3O3S/c22-15-3-1-14(2-4-15)20(28)26-21-25-17(13-30-21)7-10-19(27)24-11-12-29-18-8-5-16(23)6-9-18/h1-6,8-9,13H,7,10-12H2,(H,24,27)(H,25,26,28). The molecule has 1 heterocycles. The Morgan fingerprint density at radius 3 is 2.37 bits per heavy atom. The van der Waals surface area contributed by atoms with Crippen molar-refractivity contribution >= 4 is 28.3 Å². The summed E-state index contributed by atoms with van der Waals surface area (Å²) in [6.07, 6.45) is 0.666. The number of thiazole rings is 1. The van der Waals surface area contributed by atoms with E-state index < -0.39 is 5.82 Å². The first-order chi connectivity index (χ1) is 14.5. The first-order valence-corrected chi connectivity index (χ1v) is 10.0. The maximum Gasteiger partial charge on any atom is 0.257 e. The number of hydrogen-bond acceptors (Lipinski definition) is 5. The van der Waals surface area contributed by atoms with Crippen LogP contribution in [0.2, 0.25) is 0 Å². The minimum absolute atomic E-state index is 0.150. The van der Waals surface area contributed by atoms with Crippen LogP contribution in [0.3, 0.4) is 0 Å². The number of halogens is 2. The molecule has 30 heavy (non-hydrogen) atoms. The average Bonchev–Trinajstić information content (AvgIpc) is 3.18. The third-order valence-corrected chi connectivity index (χ3v) is 4.80. The summed E-state index contributed by atoms with van der Waals surface area (Å²) < 4.78 is 31.1. The fraction of sp³-hybridized carbons (Fsp3) is 0.190. The van der Waals surface area contributed by atoms with E-state index in [1.165, 1.54) is 59.9 Å². The fourth-order valence-corrected chi connectivity index (χ4v) is 3.21. The number of rotatable bonds is 9. The van der Waals surface area contributed by atoms with Gasteiger partial charge in [-0.1, -0.05) is 0 Å². The number of carbonyl (C=O) groups is 2. The van der Waals surface area contributed by atoms with Crippen LogP contribution >= 0.6 is 11.3 Å². The lowest BCUT2D eigenvalue weighted by Gasteiger charge is -2.07. The normalized spacial score (nSPS) is 10.5. The largest absolute Gasteiger partial charge is 0.492 e. The highest BCUT2D eigenvalue weighted by molar-refractivity contribution is 7.14. The van der Waals surface area contributed by atoms with Gasteiger partial charge in [0, 0.05) is 17.4 Å². The van der Waals surface area contributed by atoms with Crippen LogP contribution in [0.1, 0.15) is 22.5 Å². The van der Waals surface area contributed by atoms with Crippen molar-refractivity contribution < 1.29 is 23.1 Å². The van der Waals surface area contributed by atoms with Gasteiger partial charge < -0.3 is 10.1 Å². The van der Waals surface area contributed by atoms with Gasteiger partial charge in [0.15, 0.2) is 5.13 Å². The lowest BCUT2D eigenvalue weighted by molar-refractivity contribution is -0.121. The van der Waals surface area contributed by atoms with Gasteiger partial charge in [0.2, 0.25) is 5.91 Å². The minimum atomic E-state index is -0.414. The molecule has 3 aromatic rings. The van der Waals surface area contributed by atoms with Crippen LogP contribution in [-0.2, 0) is 11.2 Å². The second-order valence-electron chi connectivity index (χ2n) is 6.26. The summed E-state index contributed by atoms with van der Waals surface area (Å²) in [5, 5.41) is 7.57. The van der Waals surface area contributed by atoms with Crippen molar-refractivity contribution in [3.8, 4) is 5.75 Å². The molecule has 6 nitrogen and oxygen atoms in total. The summed E-state index contributed by atoms with van der Waals surface area (Å²) >= 11 is 1.25. The zero-order valence-electron chi connectivity index (χ0n) is 15.9. The van der Waals surface area contributed by atoms with Gasteiger partial charge in [-0.15, -0.1) is 11.3 Å². The van der Waals surface area contributed by atoms with Crippen LogP contribution in [-0.4, -0.2) is 29.9 Å². The molecular weight excluding hydrogens is 412 g/mol. The van der Waals surface area contributed by atoms with Crippen molar-refractivity contribution in [1.82, 2.24) is 10.3 Å². The number of nitrogens with zero attached hydrogens (tertiary/aromatic N) is 1. The predicted molar refractivity (Wildman–Crippen MR) is 110 cm³/mol. The molecule has 0 unspecified atom stereocenters. The number of nitrogens with one attached hydrogen (secondary N) is 2. The van der Waals surface area contributed by atoms with E-state index in [0.29, 0.717) is 35.1 Å². The van der Waals surface area contributed by atoms with Crippen LogP contribution in [0.15, 0.2) is 53.9 Å². The Morgan fingerprint density at radius 2 is 1.67 bits per heavy atom. The van der Waals surface area contributed by atoms with Gasteiger partial charge in [-0.05, 0) is 55.0 Å². The second-order valence-corrected chi connectivity index (χ2v) is 7.12. The Balaban J connectivity index is 1.36. The highest BCUT2D eigenvalue weighted by Gasteiger charge is 2.10. The molecule has 0 radical (unpaired) electrons. The molecule has 0 spiro atoms. The number of ether oxygens (including phenoxy) is 1. The molecule has 0 saturated heterocycles. The van der Waals surface area contributed by atoms with E-state index in [9.17, 15) is 18.4 Å². The van der Waals surface area contributed by atoms with Crippen molar-refractivity contribution in [2.24, 2.45) is 0 Å². The number of aromatic nitrogens is 1. The Bertz CT molecular complexity index is 991. The highest BCUT2D eigenvalue weighted by atomic mass is 32.1. The van der Waals surface area contributed by atoms with Crippen LogP contribution in [0.4, 0.5) is 13.9 Å². The summed E-state index contributed by atoms with van der Waals surface area (Å²) in [5.74, 6) is -0.750. The lowest BCUT2D eigenvalue weighted by atomic mass is 10.2. The number of hydrogen-bond donors (Lipinski definition) is 2. The van der Waals surface area contributed by atoms with Crippen LogP contribution in [0.25, 0.3) is 0 Å². The van der Waals surface area contributed by atoms with E-state index in [1.807, 2.05) is 0 Å². The molecule has 3 rings (SSSR count). The molecular formula is C21H19F2N3O3S. The number of amides is 2. The fourth-order valence-electron chi connectivity index (χ4n) is 2.47. The third kappa shape index (κ3) is 6.63. The Morgan fingerprint density at radius 1 is 1.00 bits per heavy atom. The summed E-state index contributed by atoms with van der Waals surface area (Å²) in [5.41, 5.74) is 1.02. The summed E-state index contributed by atoms with van der Waals surface area (Å²) in [7, 11) is 0. The van der Waals surface area contributed by atoms with Gasteiger partial charge in [0.1, 0.15) is 24.0 Å². The summed E-state index contributed by atoms with van der Waals surface area (Å²) in [4.78, 5) is 28.3. The first-order valence-electron chi connectivity index (χ1n) is 9.16. The summed E-state index contributed by atoms with van der Waals surface area (Å²) in [6, 6.07) is 10.9. The van der Waals surface area contributed by atoms with Crippen molar-refractivity contribution in [2.75, 3.05) is 18.5 Å². The minimum Gasteiger partial charge on any atom is -0.492 e. The van der Waals surface area contributed by atoms with Crippen molar-refractivity contribution in [1.29, 1.82) is 0 Å². The van der Waals surface area contributed by atoms with Crippen molar-refractivity contribution in [3.05, 3.63) is 76.8 Å². The first kappa shape index (κ1) is 21.4. The highest BCUT2D eigenvalue weighted by Crippen LogP contribution is 2.18. The van der Waals surface area contributed by atoms with E-state index in [4.69, 9.17) is 4.74 Å². The van der Waals surface area contributed by atoms with Gasteiger partial charge in [0.25, 0.3) is 5.91 Å². The van der Waals surface area contributed by atoms with Gasteiger partial charge >= 0.3 is 0 Å². The van der Waals surface area contributed by atoms with E-state index in [2.05, 4.69) is 15.6 Å². The summed E-state index contributed by atoms with van der Waals surface area (Å²) in [6.45, 7) is 0.597. The molecule has 0 saturated carbocycles. The maximum absolute atomic E-state index is 12.9. The van der Waals surface area contributed by atoms with Crippen LogP contribution in [0.5, 0.6) is 5.75 Å². The van der Waals surface area contributed by atoms with Crippen molar-refractivity contribution in [3.63, 3.8) is 0 Å². The maximum atomic E-state index is 12.9. The molecule has 9 heteroatoms. The monoisotopic (exact) mass is 431 g/mol. The molecule has 1 aromatic heterocycles. The Kier molecular flexibility index (Phi) is 7.45. The smallest absolute Gasteiger partial charge is 0.257 e. The van der Waals surface area contributed by atoms with Gasteiger partial charge in [-0.2, -0.15) is 0 Å². The average molecular weight is 431 g/mol. The quantitative estimate of drug-likeness (QED) is 0.505. The SMILES string of the molecule is O=C(CCc1csc(NC(=O)c2ccc(F)cc2)n1)NCCOc1ccc(F)cc1. The molecule has 2 aromatic carbocycles. The molecule has 0 bridgehead atoms. The lowest BCUT2D eigenvalue weighted by Crippen LogP contribution is -2.28. The molecule has 0 aliphatic heterocycles.